The van der Waals surface area contributed by atoms with Gasteiger partial charge in [-0.1, -0.05) is 133 Å². The molecule has 1 atom stereocenters. The van der Waals surface area contributed by atoms with Gasteiger partial charge in [-0.3, -0.25) is 0 Å². The maximum absolute atomic E-state index is 2.59. The lowest BCUT2D eigenvalue weighted by atomic mass is 10.2. The molecule has 0 saturated heterocycles. The molecule has 184 valence electrons. The first-order valence-electron chi connectivity index (χ1n) is 13.5. The molecule has 6 aromatic carbocycles. The van der Waals surface area contributed by atoms with Crippen LogP contribution in [-0.2, 0) is 0 Å². The molecule has 0 radical (unpaired) electrons. The van der Waals surface area contributed by atoms with Crippen LogP contribution in [0, 0.1) is 0 Å². The van der Waals surface area contributed by atoms with Crippen molar-refractivity contribution in [3.63, 3.8) is 0 Å². The zero-order valence-electron chi connectivity index (χ0n) is 21.4. The van der Waals surface area contributed by atoms with Gasteiger partial charge in [0.25, 0.3) is 0 Å². The number of hydrogen-bond donors (Lipinski definition) is 0. The summed E-state index contributed by atoms with van der Waals surface area (Å²) in [5, 5.41) is 10.4. The highest BCUT2D eigenvalue weighted by Crippen LogP contribution is 2.49. The molecule has 0 spiro atoms. The first-order valence-corrected chi connectivity index (χ1v) is 16.8. The molecule has 2 heterocycles. The largest absolute Gasteiger partial charge is 0.309 e. The van der Waals surface area contributed by atoms with E-state index < -0.39 is 16.0 Å². The molecule has 0 amide bonds. The van der Waals surface area contributed by atoms with Gasteiger partial charge < -0.3 is 4.90 Å². The summed E-state index contributed by atoms with van der Waals surface area (Å²) in [7, 11) is -3.31. The molecule has 6 aromatic rings. The van der Waals surface area contributed by atoms with Crippen molar-refractivity contribution in [1.29, 1.82) is 0 Å². The average Bonchev–Trinajstić information content (AvgIpc) is 3.02. The van der Waals surface area contributed by atoms with Crippen LogP contribution in [0.1, 0.15) is 0 Å². The smallest absolute Gasteiger partial charge is 0.181 e. The van der Waals surface area contributed by atoms with Gasteiger partial charge >= 0.3 is 0 Å². The predicted molar refractivity (Wildman–Crippen MR) is 171 cm³/mol. The van der Waals surface area contributed by atoms with Crippen LogP contribution in [0.4, 0.5) is 17.1 Å². The fraction of sp³-hybridized carbons (Fsp3) is 0. The van der Waals surface area contributed by atoms with E-state index in [0.29, 0.717) is 0 Å². The fourth-order valence-electron chi connectivity index (χ4n) is 6.74. The van der Waals surface area contributed by atoms with Crippen LogP contribution in [0.2, 0.25) is 0 Å². The van der Waals surface area contributed by atoms with Crippen molar-refractivity contribution in [2.45, 2.75) is 0 Å². The lowest BCUT2D eigenvalue weighted by Crippen LogP contribution is -2.81. The summed E-state index contributed by atoms with van der Waals surface area (Å²) in [6, 6.07) is 59.0. The van der Waals surface area contributed by atoms with Crippen molar-refractivity contribution in [2.75, 3.05) is 4.90 Å². The molecule has 0 bridgehead atoms. The van der Waals surface area contributed by atoms with Crippen LogP contribution < -0.4 is 41.6 Å². The number of anilines is 3. The first-order chi connectivity index (χ1) is 19.4. The molecule has 3 heteroatoms. The maximum Gasteiger partial charge on any atom is 0.181 e. The Bertz CT molecular complexity index is 1780. The van der Waals surface area contributed by atoms with Crippen molar-refractivity contribution < 1.29 is 0 Å². The Morgan fingerprint density at radius 2 is 0.923 bits per heavy atom. The maximum atomic E-state index is 2.50. The number of para-hydroxylation sites is 2. The second kappa shape index (κ2) is 8.92. The molecule has 2 aliphatic rings. The third-order valence-corrected chi connectivity index (χ3v) is 16.2. The minimum Gasteiger partial charge on any atom is -0.309 e. The Labute approximate surface area is 231 Å². The van der Waals surface area contributed by atoms with Crippen molar-refractivity contribution in [3.05, 3.63) is 158 Å². The van der Waals surface area contributed by atoms with E-state index in [4.69, 9.17) is 0 Å². The van der Waals surface area contributed by atoms with E-state index in [1.807, 2.05) is 0 Å². The average molecular weight is 532 g/mol. The van der Waals surface area contributed by atoms with Gasteiger partial charge in [-0.25, -0.2) is 0 Å². The number of rotatable bonds is 3. The molecule has 0 aromatic heterocycles. The van der Waals surface area contributed by atoms with Gasteiger partial charge in [-0.15, -0.1) is 0 Å². The van der Waals surface area contributed by atoms with Crippen molar-refractivity contribution >= 4 is 69.7 Å². The molecule has 1 unspecified atom stereocenters. The molecule has 0 saturated carbocycles. The summed E-state index contributed by atoms with van der Waals surface area (Å²) in [5.74, 6) is 0. The number of hydrogen-bond acceptors (Lipinski definition) is 1. The molecule has 0 fully saturated rings. The van der Waals surface area contributed by atoms with Crippen LogP contribution >= 0.6 is 7.92 Å². The summed E-state index contributed by atoms with van der Waals surface area (Å²) >= 11 is 0. The molecular formula is C36H26NPSi. The quantitative estimate of drug-likeness (QED) is 0.231. The Morgan fingerprint density at radius 1 is 0.410 bits per heavy atom. The van der Waals surface area contributed by atoms with E-state index in [0.717, 1.165) is 0 Å². The Hall–Kier alpha value is -4.23. The van der Waals surface area contributed by atoms with Gasteiger partial charge in [0.05, 0.1) is 11.4 Å². The first kappa shape index (κ1) is 22.7. The Balaban J connectivity index is 1.56. The zero-order chi connectivity index (χ0) is 25.8. The van der Waals surface area contributed by atoms with E-state index in [1.54, 1.807) is 0 Å². The van der Waals surface area contributed by atoms with E-state index in [1.165, 1.54) is 53.7 Å². The molecule has 0 aliphatic carbocycles. The van der Waals surface area contributed by atoms with E-state index in [2.05, 4.69) is 163 Å². The van der Waals surface area contributed by atoms with Crippen LogP contribution in [0.3, 0.4) is 0 Å². The highest BCUT2D eigenvalue weighted by atomic mass is 31.1. The van der Waals surface area contributed by atoms with Gasteiger partial charge in [0.2, 0.25) is 0 Å². The second-order valence-electron chi connectivity index (χ2n) is 10.2. The minimum absolute atomic E-state index is 0.714. The lowest BCUT2D eigenvalue weighted by molar-refractivity contribution is 1.30. The van der Waals surface area contributed by atoms with Gasteiger partial charge in [0.1, 0.15) is 0 Å². The van der Waals surface area contributed by atoms with Crippen molar-refractivity contribution in [1.82, 2.24) is 0 Å². The Kier molecular flexibility index (Phi) is 5.20. The van der Waals surface area contributed by atoms with Gasteiger partial charge in [-0.2, -0.15) is 0 Å². The summed E-state index contributed by atoms with van der Waals surface area (Å²) < 4.78 is 0. The van der Waals surface area contributed by atoms with Crippen LogP contribution in [-0.4, -0.2) is 8.07 Å². The monoisotopic (exact) mass is 531 g/mol. The normalized spacial score (nSPS) is 16.1. The number of benzene rings is 6. The van der Waals surface area contributed by atoms with Crippen LogP contribution in [0.15, 0.2) is 158 Å². The topological polar surface area (TPSA) is 3.24 Å². The summed E-state index contributed by atoms with van der Waals surface area (Å²) in [5.41, 5.74) is 3.82. The fourth-order valence-corrected chi connectivity index (χ4v) is 16.0. The van der Waals surface area contributed by atoms with Gasteiger partial charge in [0, 0.05) is 16.3 Å². The standard InChI is InChI=1S/C36H26NPSi/c1-4-15-27(16-5-1)37-30-21-10-11-23-32(30)38-33-24-12-13-25-34(33)39(28-17-6-2-7-18-28,29-19-8-3-9-20-29)35-26-14-22-31(37)36(35)38/h1-26H. The molecular weight excluding hydrogens is 505 g/mol. The predicted octanol–water partition coefficient (Wildman–Crippen LogP) is 4.92. The molecule has 0 N–H and O–H groups in total. The third-order valence-electron chi connectivity index (χ3n) is 8.22. The van der Waals surface area contributed by atoms with E-state index in [-0.39, 0.29) is 0 Å². The molecule has 1 nitrogen and oxygen atoms in total. The molecule has 2 aliphatic heterocycles. The van der Waals surface area contributed by atoms with E-state index in [9.17, 15) is 0 Å². The third kappa shape index (κ3) is 3.16. The van der Waals surface area contributed by atoms with E-state index >= 15 is 0 Å². The second-order valence-corrected chi connectivity index (χ2v) is 16.0. The van der Waals surface area contributed by atoms with Gasteiger partial charge in [0.15, 0.2) is 8.07 Å². The highest BCUT2D eigenvalue weighted by Gasteiger charge is 2.51. The number of fused-ring (bicyclic) bond motifs is 4. The van der Waals surface area contributed by atoms with Gasteiger partial charge in [-0.05, 0) is 58.2 Å². The minimum atomic E-state index is -2.59. The van der Waals surface area contributed by atoms with Crippen molar-refractivity contribution in [2.24, 2.45) is 0 Å². The SMILES string of the molecule is c1ccc(N2c3ccccc3P3c4ccccc4[Si](c4ccccc4)(c4ccccc4)c4cccc2c43)cc1. The lowest BCUT2D eigenvalue weighted by Gasteiger charge is -2.48. The molecule has 39 heavy (non-hydrogen) atoms. The van der Waals surface area contributed by atoms with Crippen molar-refractivity contribution in [3.8, 4) is 0 Å². The number of nitrogens with zero attached hydrogens (tertiary/aromatic N) is 1. The van der Waals surface area contributed by atoms with Crippen LogP contribution in [0.25, 0.3) is 0 Å². The highest BCUT2D eigenvalue weighted by molar-refractivity contribution is 7.82. The Morgan fingerprint density at radius 3 is 1.62 bits per heavy atom. The summed E-state index contributed by atoms with van der Waals surface area (Å²) in [6.45, 7) is 0. The van der Waals surface area contributed by atoms with Crippen LogP contribution in [0.5, 0.6) is 0 Å². The zero-order valence-corrected chi connectivity index (χ0v) is 23.3. The summed E-state index contributed by atoms with van der Waals surface area (Å²) in [4.78, 5) is 2.50. The summed E-state index contributed by atoms with van der Waals surface area (Å²) in [6.07, 6.45) is 0. The molecule has 8 rings (SSSR count).